The summed E-state index contributed by atoms with van der Waals surface area (Å²) in [7, 11) is 1.60. The molecule has 2 aromatic heterocycles. The van der Waals surface area contributed by atoms with Crippen molar-refractivity contribution in [3.8, 4) is 21.9 Å². The average molecular weight is 509 g/mol. The van der Waals surface area contributed by atoms with Crippen LogP contribution in [-0.4, -0.2) is 47.6 Å². The number of hydrogen-bond donors (Lipinski definition) is 1. The van der Waals surface area contributed by atoms with E-state index >= 15 is 0 Å². The lowest BCUT2D eigenvalue weighted by Crippen LogP contribution is -2.33. The molecule has 1 aliphatic heterocycles. The number of thiophene rings is 1. The summed E-state index contributed by atoms with van der Waals surface area (Å²) in [6, 6.07) is 14.8. The van der Waals surface area contributed by atoms with Crippen LogP contribution in [0.5, 0.6) is 5.75 Å². The Balaban J connectivity index is 1.50. The number of rotatable bonds is 8. The third-order valence-electron chi connectivity index (χ3n) is 6.35. The van der Waals surface area contributed by atoms with Gasteiger partial charge in [0.25, 0.3) is 5.56 Å². The Morgan fingerprint density at radius 1 is 1.17 bits per heavy atom. The zero-order chi connectivity index (χ0) is 24.4. The van der Waals surface area contributed by atoms with Gasteiger partial charge in [0.05, 0.1) is 24.4 Å². The molecule has 180 valence electrons. The number of methoxy groups -OCH3 is 1. The molecule has 4 aromatic rings. The van der Waals surface area contributed by atoms with Crippen LogP contribution < -0.4 is 15.6 Å². The van der Waals surface area contributed by atoms with Crippen LogP contribution in [0.15, 0.2) is 59.7 Å². The molecule has 0 bridgehead atoms. The Kier molecular flexibility index (Phi) is 6.86. The quantitative estimate of drug-likeness (QED) is 0.350. The topological polar surface area (TPSA) is 76.5 Å². The summed E-state index contributed by atoms with van der Waals surface area (Å²) < 4.78 is 7.79. The van der Waals surface area contributed by atoms with Gasteiger partial charge in [-0.1, -0.05) is 29.8 Å². The number of likely N-dealkylation sites (tertiary alicyclic amines) is 1. The Hall–Kier alpha value is -3.20. The number of aromatic nitrogens is 2. The molecule has 1 atom stereocenters. The van der Waals surface area contributed by atoms with Crippen molar-refractivity contribution in [1.82, 2.24) is 19.8 Å². The molecule has 3 heterocycles. The fourth-order valence-corrected chi connectivity index (χ4v) is 5.71. The number of ether oxygens (including phenoxy) is 1. The van der Waals surface area contributed by atoms with E-state index in [2.05, 4.69) is 15.2 Å². The minimum atomic E-state index is -0.203. The molecule has 1 N–H and O–H groups in total. The summed E-state index contributed by atoms with van der Waals surface area (Å²) in [4.78, 5) is 32.5. The largest absolute Gasteiger partial charge is 0.496 e. The van der Waals surface area contributed by atoms with Crippen molar-refractivity contribution in [1.29, 1.82) is 0 Å². The molecule has 1 unspecified atom stereocenters. The predicted molar refractivity (Wildman–Crippen MR) is 140 cm³/mol. The van der Waals surface area contributed by atoms with Gasteiger partial charge in [-0.3, -0.25) is 14.2 Å². The highest BCUT2D eigenvalue weighted by Gasteiger charge is 2.22. The average Bonchev–Trinajstić information content (AvgIpc) is 3.55. The second-order valence-electron chi connectivity index (χ2n) is 8.52. The maximum atomic E-state index is 13.4. The van der Waals surface area contributed by atoms with Crippen LogP contribution >= 0.6 is 22.9 Å². The number of nitrogens with one attached hydrogen (secondary N) is 1. The van der Waals surface area contributed by atoms with Crippen molar-refractivity contribution >= 4 is 39.6 Å². The molecular formula is C26H25ClN4O3S. The minimum absolute atomic E-state index is 0.144. The number of nitrogens with zero attached hydrogens (tertiary/aromatic N) is 3. The molecule has 5 rings (SSSR count). The fraction of sp³-hybridized carbons (Fsp3) is 0.269. The second-order valence-corrected chi connectivity index (χ2v) is 10.0. The molecule has 7 nitrogen and oxygen atoms in total. The first-order valence-corrected chi connectivity index (χ1v) is 12.6. The third-order valence-corrected chi connectivity index (χ3v) is 7.76. The second kappa shape index (κ2) is 10.2. The van der Waals surface area contributed by atoms with E-state index in [4.69, 9.17) is 16.3 Å². The Morgan fingerprint density at radius 2 is 1.94 bits per heavy atom. The van der Waals surface area contributed by atoms with Crippen molar-refractivity contribution in [2.75, 3.05) is 26.7 Å². The van der Waals surface area contributed by atoms with Crippen LogP contribution in [0.3, 0.4) is 0 Å². The Morgan fingerprint density at radius 3 is 2.66 bits per heavy atom. The zero-order valence-electron chi connectivity index (χ0n) is 19.2. The smallest absolute Gasteiger partial charge is 0.275 e. The van der Waals surface area contributed by atoms with Crippen LogP contribution in [0.2, 0.25) is 5.02 Å². The molecular weight excluding hydrogens is 484 g/mol. The number of amides is 1. The molecule has 1 amide bonds. The van der Waals surface area contributed by atoms with Gasteiger partial charge in [-0.15, -0.1) is 11.3 Å². The number of carbonyl (C=O) groups excluding carboxylic acids is 1. The first kappa shape index (κ1) is 23.5. The van der Waals surface area contributed by atoms with Gasteiger partial charge >= 0.3 is 0 Å². The van der Waals surface area contributed by atoms with Crippen LogP contribution in [0, 0.1) is 0 Å². The molecule has 1 fully saturated rings. The van der Waals surface area contributed by atoms with Gasteiger partial charge in [0.15, 0.2) is 0 Å². The molecule has 2 aromatic carbocycles. The number of carbonyl (C=O) groups is 1. The standard InChI is InChI=1S/C26H25ClN4O3S/c1-34-23-12-19(8-9-20(23)22(29-16-32)14-30-10-2-3-11-30)31-15-28-21-13-24(35-25(21)26(31)33)17-4-6-18(27)7-5-17/h4-9,12-13,15-16,22H,2-3,10-11,14H2,1H3,(H,29,32). The lowest BCUT2D eigenvalue weighted by Gasteiger charge is -2.25. The van der Waals surface area contributed by atoms with E-state index < -0.39 is 0 Å². The van der Waals surface area contributed by atoms with Gasteiger partial charge in [0.2, 0.25) is 6.41 Å². The molecule has 0 aliphatic carbocycles. The molecule has 0 spiro atoms. The van der Waals surface area contributed by atoms with E-state index in [0.717, 1.165) is 35.5 Å². The summed E-state index contributed by atoms with van der Waals surface area (Å²) in [5, 5.41) is 3.59. The van der Waals surface area contributed by atoms with Gasteiger partial charge in [-0.25, -0.2) is 4.98 Å². The lowest BCUT2D eigenvalue weighted by atomic mass is 10.0. The van der Waals surface area contributed by atoms with Crippen LogP contribution in [0.25, 0.3) is 26.3 Å². The summed E-state index contributed by atoms with van der Waals surface area (Å²) in [6.07, 6.45) is 4.61. The van der Waals surface area contributed by atoms with E-state index in [1.54, 1.807) is 13.4 Å². The molecule has 35 heavy (non-hydrogen) atoms. The number of benzene rings is 2. The summed E-state index contributed by atoms with van der Waals surface area (Å²) in [6.45, 7) is 2.76. The monoisotopic (exact) mass is 508 g/mol. The van der Waals surface area contributed by atoms with Gasteiger partial charge in [-0.05, 0) is 55.8 Å². The summed E-state index contributed by atoms with van der Waals surface area (Å²) in [5.41, 5.74) is 3.03. The highest BCUT2D eigenvalue weighted by atomic mass is 35.5. The van der Waals surface area contributed by atoms with E-state index in [1.807, 2.05) is 48.5 Å². The zero-order valence-corrected chi connectivity index (χ0v) is 20.8. The van der Waals surface area contributed by atoms with Crippen molar-refractivity contribution in [3.05, 3.63) is 75.8 Å². The third kappa shape index (κ3) is 4.82. The normalized spacial score (nSPS) is 14.8. The van der Waals surface area contributed by atoms with Gasteiger partial charge < -0.3 is 15.0 Å². The van der Waals surface area contributed by atoms with Crippen molar-refractivity contribution < 1.29 is 9.53 Å². The number of hydrogen-bond acceptors (Lipinski definition) is 6. The SMILES string of the molecule is COc1cc(-n2cnc3cc(-c4ccc(Cl)cc4)sc3c2=O)ccc1C(CN1CCCC1)NC=O. The lowest BCUT2D eigenvalue weighted by molar-refractivity contribution is -0.110. The van der Waals surface area contributed by atoms with Gasteiger partial charge in [0, 0.05) is 28.1 Å². The van der Waals surface area contributed by atoms with Crippen LogP contribution in [0.4, 0.5) is 0 Å². The van der Waals surface area contributed by atoms with Gasteiger partial charge in [0.1, 0.15) is 16.8 Å². The fourth-order valence-electron chi connectivity index (χ4n) is 4.54. The van der Waals surface area contributed by atoms with E-state index in [1.165, 1.54) is 28.7 Å². The van der Waals surface area contributed by atoms with Crippen molar-refractivity contribution in [2.24, 2.45) is 0 Å². The number of fused-ring (bicyclic) bond motifs is 1. The maximum absolute atomic E-state index is 13.4. The Bertz CT molecular complexity index is 1410. The Labute approximate surface area is 211 Å². The number of halogens is 1. The van der Waals surface area contributed by atoms with E-state index in [-0.39, 0.29) is 11.6 Å². The predicted octanol–water partition coefficient (Wildman–Crippen LogP) is 4.66. The van der Waals surface area contributed by atoms with Gasteiger partial charge in [-0.2, -0.15) is 0 Å². The first-order valence-electron chi connectivity index (χ1n) is 11.4. The van der Waals surface area contributed by atoms with Crippen molar-refractivity contribution in [3.63, 3.8) is 0 Å². The van der Waals surface area contributed by atoms with E-state index in [9.17, 15) is 9.59 Å². The van der Waals surface area contributed by atoms with Crippen LogP contribution in [-0.2, 0) is 4.79 Å². The molecule has 0 saturated carbocycles. The highest BCUT2D eigenvalue weighted by Crippen LogP contribution is 2.32. The minimum Gasteiger partial charge on any atom is -0.496 e. The maximum Gasteiger partial charge on any atom is 0.275 e. The van der Waals surface area contributed by atoms with E-state index in [0.29, 0.717) is 33.2 Å². The molecule has 9 heteroatoms. The molecule has 0 radical (unpaired) electrons. The molecule has 1 saturated heterocycles. The highest BCUT2D eigenvalue weighted by molar-refractivity contribution is 7.22. The summed E-state index contributed by atoms with van der Waals surface area (Å²) >= 11 is 7.42. The van der Waals surface area contributed by atoms with Crippen LogP contribution in [0.1, 0.15) is 24.4 Å². The summed E-state index contributed by atoms with van der Waals surface area (Å²) in [5.74, 6) is 0.612. The first-order chi connectivity index (χ1) is 17.1. The van der Waals surface area contributed by atoms with Crippen molar-refractivity contribution in [2.45, 2.75) is 18.9 Å². The molecule has 1 aliphatic rings.